The summed E-state index contributed by atoms with van der Waals surface area (Å²) < 4.78 is 5.23. The SMILES string of the molecule is NC(=O)COCCNC1C2CCC1Cc1ccccc1C2. The van der Waals surface area contributed by atoms with E-state index in [4.69, 9.17) is 10.5 Å². The number of carbonyl (C=O) groups excluding carboxylic acids is 1. The maximum absolute atomic E-state index is 10.6. The van der Waals surface area contributed by atoms with Crippen LogP contribution in [0.5, 0.6) is 0 Å². The Morgan fingerprint density at radius 3 is 2.38 bits per heavy atom. The van der Waals surface area contributed by atoms with Crippen LogP contribution in [0.3, 0.4) is 0 Å². The minimum atomic E-state index is -0.403. The Balaban J connectivity index is 1.55. The molecule has 4 heteroatoms. The molecule has 0 aromatic heterocycles. The average Bonchev–Trinajstić information content (AvgIpc) is 2.73. The van der Waals surface area contributed by atoms with Gasteiger partial charge in [-0.3, -0.25) is 4.79 Å². The lowest BCUT2D eigenvalue weighted by atomic mass is 9.94. The van der Waals surface area contributed by atoms with Crippen molar-refractivity contribution in [1.29, 1.82) is 0 Å². The van der Waals surface area contributed by atoms with Crippen LogP contribution in [0, 0.1) is 11.8 Å². The first-order valence-electron chi connectivity index (χ1n) is 7.90. The predicted octanol–water partition coefficient (Wildman–Crippen LogP) is 1.27. The normalized spacial score (nSPS) is 27.1. The summed E-state index contributed by atoms with van der Waals surface area (Å²) in [5, 5.41) is 3.66. The second-order valence-corrected chi connectivity index (χ2v) is 6.27. The Morgan fingerprint density at radius 2 is 1.81 bits per heavy atom. The second-order valence-electron chi connectivity index (χ2n) is 6.27. The summed E-state index contributed by atoms with van der Waals surface area (Å²) in [5.74, 6) is 1.06. The standard InChI is InChI=1S/C17H24N2O2/c18-16(20)11-21-8-7-19-17-14-5-6-15(17)10-13-4-2-1-3-12(13)9-14/h1-4,14-15,17,19H,5-11H2,(H2,18,20). The van der Waals surface area contributed by atoms with Gasteiger partial charge in [-0.1, -0.05) is 24.3 Å². The van der Waals surface area contributed by atoms with Crippen molar-refractivity contribution in [3.05, 3.63) is 35.4 Å². The zero-order valence-corrected chi connectivity index (χ0v) is 12.4. The van der Waals surface area contributed by atoms with Crippen molar-refractivity contribution < 1.29 is 9.53 Å². The molecule has 21 heavy (non-hydrogen) atoms. The van der Waals surface area contributed by atoms with Crippen molar-refractivity contribution in [1.82, 2.24) is 5.32 Å². The Kier molecular flexibility index (Phi) is 4.56. The number of hydrogen-bond acceptors (Lipinski definition) is 3. The highest BCUT2D eigenvalue weighted by atomic mass is 16.5. The lowest BCUT2D eigenvalue weighted by Crippen LogP contribution is -2.40. The minimum absolute atomic E-state index is 0.0185. The number of hydrogen-bond donors (Lipinski definition) is 2. The summed E-state index contributed by atoms with van der Waals surface area (Å²) in [6, 6.07) is 9.44. The fourth-order valence-corrected chi connectivity index (χ4v) is 3.95. The predicted molar refractivity (Wildman–Crippen MR) is 81.9 cm³/mol. The monoisotopic (exact) mass is 288 g/mol. The van der Waals surface area contributed by atoms with Crippen molar-refractivity contribution in [3.8, 4) is 0 Å². The summed E-state index contributed by atoms with van der Waals surface area (Å²) >= 11 is 0. The molecule has 0 spiro atoms. The van der Waals surface area contributed by atoms with E-state index >= 15 is 0 Å². The first-order chi connectivity index (χ1) is 10.2. The number of nitrogens with one attached hydrogen (secondary N) is 1. The Labute approximate surface area is 126 Å². The fourth-order valence-electron chi connectivity index (χ4n) is 3.95. The van der Waals surface area contributed by atoms with Gasteiger partial charge in [0.15, 0.2) is 0 Å². The molecule has 0 heterocycles. The van der Waals surface area contributed by atoms with Crippen LogP contribution in [0.25, 0.3) is 0 Å². The van der Waals surface area contributed by atoms with E-state index in [1.54, 1.807) is 0 Å². The van der Waals surface area contributed by atoms with E-state index in [9.17, 15) is 4.79 Å². The van der Waals surface area contributed by atoms with Gasteiger partial charge in [-0.15, -0.1) is 0 Å². The summed E-state index contributed by atoms with van der Waals surface area (Å²) in [5.41, 5.74) is 8.11. The van der Waals surface area contributed by atoms with Gasteiger partial charge >= 0.3 is 0 Å². The Hall–Kier alpha value is -1.39. The van der Waals surface area contributed by atoms with Crippen molar-refractivity contribution in [2.45, 2.75) is 31.7 Å². The van der Waals surface area contributed by atoms with Gasteiger partial charge in [-0.2, -0.15) is 0 Å². The molecule has 1 saturated carbocycles. The number of nitrogens with two attached hydrogens (primary N) is 1. The molecule has 4 nitrogen and oxygen atoms in total. The number of amides is 1. The molecular formula is C17H24N2O2. The smallest absolute Gasteiger partial charge is 0.243 e. The summed E-state index contributed by atoms with van der Waals surface area (Å²) in [6.07, 6.45) is 5.01. The highest BCUT2D eigenvalue weighted by Gasteiger charge is 2.38. The number of fused-ring (bicyclic) bond motifs is 3. The molecule has 1 aromatic carbocycles. The molecular weight excluding hydrogens is 264 g/mol. The van der Waals surface area contributed by atoms with Crippen LogP contribution in [-0.4, -0.2) is 31.7 Å². The molecule has 1 aromatic rings. The van der Waals surface area contributed by atoms with Gasteiger partial charge in [-0.05, 0) is 48.6 Å². The lowest BCUT2D eigenvalue weighted by molar-refractivity contribution is -0.122. The Morgan fingerprint density at radius 1 is 1.19 bits per heavy atom. The van der Waals surface area contributed by atoms with Crippen LogP contribution >= 0.6 is 0 Å². The highest BCUT2D eigenvalue weighted by Crippen LogP contribution is 2.39. The van der Waals surface area contributed by atoms with Gasteiger partial charge in [0.1, 0.15) is 6.61 Å². The van der Waals surface area contributed by atoms with Gasteiger partial charge in [0.2, 0.25) is 5.91 Å². The van der Waals surface area contributed by atoms with E-state index in [-0.39, 0.29) is 6.61 Å². The second kappa shape index (κ2) is 6.58. The van der Waals surface area contributed by atoms with Crippen LogP contribution in [0.2, 0.25) is 0 Å². The summed E-state index contributed by atoms with van der Waals surface area (Å²) in [7, 11) is 0. The number of ether oxygens (including phenoxy) is 1. The molecule has 2 aliphatic carbocycles. The van der Waals surface area contributed by atoms with Crippen LogP contribution in [-0.2, 0) is 22.4 Å². The number of primary amides is 1. The topological polar surface area (TPSA) is 64.4 Å². The van der Waals surface area contributed by atoms with E-state index in [1.807, 2.05) is 0 Å². The molecule has 114 valence electrons. The van der Waals surface area contributed by atoms with E-state index in [2.05, 4.69) is 29.6 Å². The third-order valence-electron chi connectivity index (χ3n) is 4.88. The molecule has 2 bridgehead atoms. The van der Waals surface area contributed by atoms with Gasteiger partial charge < -0.3 is 15.8 Å². The van der Waals surface area contributed by atoms with Crippen LogP contribution < -0.4 is 11.1 Å². The zero-order valence-electron chi connectivity index (χ0n) is 12.4. The molecule has 1 amide bonds. The molecule has 3 rings (SSSR count). The van der Waals surface area contributed by atoms with E-state index in [1.165, 1.54) is 36.8 Å². The molecule has 3 N–H and O–H groups in total. The molecule has 0 aliphatic heterocycles. The van der Waals surface area contributed by atoms with Crippen LogP contribution in [0.1, 0.15) is 24.0 Å². The van der Waals surface area contributed by atoms with Crippen LogP contribution in [0.15, 0.2) is 24.3 Å². The summed E-state index contributed by atoms with van der Waals surface area (Å²) in [6.45, 7) is 1.36. The van der Waals surface area contributed by atoms with E-state index in [0.29, 0.717) is 12.6 Å². The zero-order chi connectivity index (χ0) is 14.7. The van der Waals surface area contributed by atoms with Gasteiger partial charge in [0, 0.05) is 12.6 Å². The Bertz CT molecular complexity index is 470. The lowest BCUT2D eigenvalue weighted by Gasteiger charge is -2.23. The largest absolute Gasteiger partial charge is 0.370 e. The van der Waals surface area contributed by atoms with E-state index < -0.39 is 5.91 Å². The van der Waals surface area contributed by atoms with Crippen LogP contribution in [0.4, 0.5) is 0 Å². The number of carbonyl (C=O) groups is 1. The first kappa shape index (κ1) is 14.5. The molecule has 2 unspecified atom stereocenters. The fraction of sp³-hybridized carbons (Fsp3) is 0.588. The van der Waals surface area contributed by atoms with Crippen molar-refractivity contribution in [2.24, 2.45) is 17.6 Å². The average molecular weight is 288 g/mol. The van der Waals surface area contributed by atoms with Crippen molar-refractivity contribution in [2.75, 3.05) is 19.8 Å². The summed E-state index contributed by atoms with van der Waals surface area (Å²) in [4.78, 5) is 10.6. The van der Waals surface area contributed by atoms with E-state index in [0.717, 1.165) is 18.4 Å². The first-order valence-corrected chi connectivity index (χ1v) is 7.90. The maximum atomic E-state index is 10.6. The molecule has 0 saturated heterocycles. The minimum Gasteiger partial charge on any atom is -0.370 e. The van der Waals surface area contributed by atoms with Gasteiger partial charge in [0.05, 0.1) is 6.61 Å². The molecule has 2 atom stereocenters. The van der Waals surface area contributed by atoms with Crippen molar-refractivity contribution >= 4 is 5.91 Å². The third kappa shape index (κ3) is 3.44. The quantitative estimate of drug-likeness (QED) is 0.775. The molecule has 2 aliphatic rings. The maximum Gasteiger partial charge on any atom is 0.243 e. The number of benzene rings is 1. The van der Waals surface area contributed by atoms with Gasteiger partial charge in [-0.25, -0.2) is 0 Å². The van der Waals surface area contributed by atoms with Gasteiger partial charge in [0.25, 0.3) is 0 Å². The highest BCUT2D eigenvalue weighted by molar-refractivity contribution is 5.74. The number of rotatable bonds is 6. The molecule has 1 fully saturated rings. The third-order valence-corrected chi connectivity index (χ3v) is 4.88. The molecule has 0 radical (unpaired) electrons. The van der Waals surface area contributed by atoms with Crippen molar-refractivity contribution in [3.63, 3.8) is 0 Å².